The molecule has 0 spiro atoms. The summed E-state index contributed by atoms with van der Waals surface area (Å²) in [5, 5.41) is 0. The van der Waals surface area contributed by atoms with Crippen molar-refractivity contribution >= 4 is 11.6 Å². The van der Waals surface area contributed by atoms with Gasteiger partial charge < -0.3 is 4.48 Å². The van der Waals surface area contributed by atoms with Crippen molar-refractivity contribution in [1.29, 1.82) is 0 Å². The Morgan fingerprint density at radius 1 is 0.545 bits per heavy atom. The molecular formula is C20H43ClN+. The summed E-state index contributed by atoms with van der Waals surface area (Å²) >= 11 is 5.78. The van der Waals surface area contributed by atoms with Gasteiger partial charge in [-0.1, -0.05) is 77.6 Å². The van der Waals surface area contributed by atoms with Gasteiger partial charge in [0, 0.05) is 12.3 Å². The van der Waals surface area contributed by atoms with Crippen molar-refractivity contribution < 1.29 is 4.48 Å². The summed E-state index contributed by atoms with van der Waals surface area (Å²) in [7, 11) is 4.68. The maximum Gasteiger partial charge on any atom is 0.0794 e. The van der Waals surface area contributed by atoms with Crippen molar-refractivity contribution in [2.75, 3.05) is 33.1 Å². The van der Waals surface area contributed by atoms with Gasteiger partial charge in [-0.25, -0.2) is 0 Å². The Kier molecular flexibility index (Phi) is 16.3. The van der Waals surface area contributed by atoms with E-state index in [1.165, 1.54) is 96.6 Å². The number of nitrogens with zero attached hydrogens (tertiary/aromatic N) is 1. The second-order valence-corrected chi connectivity index (χ2v) is 8.05. The molecule has 22 heavy (non-hydrogen) atoms. The first-order valence-electron chi connectivity index (χ1n) is 10.0. The summed E-state index contributed by atoms with van der Waals surface area (Å²) < 4.78 is 1.14. The molecule has 0 fully saturated rings. The van der Waals surface area contributed by atoms with Crippen LogP contribution in [0.15, 0.2) is 0 Å². The van der Waals surface area contributed by atoms with E-state index in [1.807, 2.05) is 0 Å². The van der Waals surface area contributed by atoms with E-state index >= 15 is 0 Å². The molecule has 0 radical (unpaired) electrons. The molecule has 1 nitrogen and oxygen atoms in total. The Labute approximate surface area is 146 Å². The Balaban J connectivity index is 3.17. The number of hydrogen-bond acceptors (Lipinski definition) is 0. The van der Waals surface area contributed by atoms with Gasteiger partial charge in [-0.3, -0.25) is 0 Å². The fourth-order valence-corrected chi connectivity index (χ4v) is 3.28. The van der Waals surface area contributed by atoms with E-state index in [9.17, 15) is 0 Å². The summed E-state index contributed by atoms with van der Waals surface area (Å²) in [6.45, 7) is 4.83. The minimum absolute atomic E-state index is 0.806. The fourth-order valence-electron chi connectivity index (χ4n) is 3.16. The van der Waals surface area contributed by atoms with Gasteiger partial charge in [0.1, 0.15) is 0 Å². The Hall–Kier alpha value is 0.250. The molecular weight excluding hydrogens is 290 g/mol. The third-order valence-electron chi connectivity index (χ3n) is 4.76. The standard InChI is InChI=1S/C20H43ClN/c1-4-5-6-7-8-9-10-11-12-13-14-15-16-19-22(2,3)20-17-18-21/h4-20H2,1-3H3/q+1. The van der Waals surface area contributed by atoms with Crippen LogP contribution in [0.5, 0.6) is 0 Å². The maximum atomic E-state index is 5.78. The smallest absolute Gasteiger partial charge is 0.0794 e. The number of alkyl halides is 1. The molecule has 0 heterocycles. The normalized spacial score (nSPS) is 12.0. The van der Waals surface area contributed by atoms with E-state index in [0.29, 0.717) is 0 Å². The highest BCUT2D eigenvalue weighted by Gasteiger charge is 2.12. The van der Waals surface area contributed by atoms with E-state index in [1.54, 1.807) is 0 Å². The summed E-state index contributed by atoms with van der Waals surface area (Å²) in [6.07, 6.45) is 19.9. The molecule has 2 heteroatoms. The molecule has 0 aromatic heterocycles. The lowest BCUT2D eigenvalue weighted by Crippen LogP contribution is -2.41. The molecule has 0 aromatic rings. The van der Waals surface area contributed by atoms with Gasteiger partial charge in [-0.15, -0.1) is 11.6 Å². The minimum atomic E-state index is 0.806. The van der Waals surface area contributed by atoms with Gasteiger partial charge in [0.15, 0.2) is 0 Å². The maximum absolute atomic E-state index is 5.78. The van der Waals surface area contributed by atoms with Gasteiger partial charge in [0.05, 0.1) is 27.2 Å². The molecule has 0 bridgehead atoms. The molecule has 0 aliphatic rings. The van der Waals surface area contributed by atoms with Gasteiger partial charge >= 0.3 is 0 Å². The number of halogens is 1. The van der Waals surface area contributed by atoms with Crippen molar-refractivity contribution in [2.24, 2.45) is 0 Å². The molecule has 0 amide bonds. The van der Waals surface area contributed by atoms with Crippen molar-refractivity contribution in [3.05, 3.63) is 0 Å². The zero-order chi connectivity index (χ0) is 16.5. The number of hydrogen-bond donors (Lipinski definition) is 0. The van der Waals surface area contributed by atoms with Crippen molar-refractivity contribution in [3.63, 3.8) is 0 Å². The Morgan fingerprint density at radius 3 is 1.32 bits per heavy atom. The SMILES string of the molecule is CCCCCCCCCCCCCCC[N+](C)(C)CCCCl. The van der Waals surface area contributed by atoms with Crippen molar-refractivity contribution in [1.82, 2.24) is 0 Å². The predicted octanol–water partition coefficient (Wildman–Crippen LogP) is 6.78. The average Bonchev–Trinajstić information content (AvgIpc) is 2.50. The van der Waals surface area contributed by atoms with E-state index in [-0.39, 0.29) is 0 Å². The van der Waals surface area contributed by atoms with E-state index in [4.69, 9.17) is 11.6 Å². The molecule has 0 N–H and O–H groups in total. The molecule has 0 rings (SSSR count). The second kappa shape index (κ2) is 16.1. The summed E-state index contributed by atoms with van der Waals surface area (Å²) in [5.41, 5.74) is 0. The highest BCUT2D eigenvalue weighted by molar-refractivity contribution is 6.17. The van der Waals surface area contributed by atoms with Crippen LogP contribution in [0.1, 0.15) is 96.8 Å². The molecule has 0 aromatic carbocycles. The number of quaternary nitrogens is 1. The van der Waals surface area contributed by atoms with Crippen LogP contribution < -0.4 is 0 Å². The third kappa shape index (κ3) is 16.6. The van der Waals surface area contributed by atoms with E-state index in [0.717, 1.165) is 16.8 Å². The van der Waals surface area contributed by atoms with Crippen LogP contribution in [-0.2, 0) is 0 Å². The second-order valence-electron chi connectivity index (χ2n) is 7.67. The lowest BCUT2D eigenvalue weighted by atomic mass is 10.0. The first-order valence-corrected chi connectivity index (χ1v) is 10.5. The van der Waals surface area contributed by atoms with Gasteiger partial charge in [0.2, 0.25) is 0 Å². The largest absolute Gasteiger partial charge is 0.328 e. The van der Waals surface area contributed by atoms with Crippen LogP contribution in [0.3, 0.4) is 0 Å². The average molecular weight is 333 g/mol. The topological polar surface area (TPSA) is 0 Å². The Bertz CT molecular complexity index is 216. The van der Waals surface area contributed by atoms with E-state index in [2.05, 4.69) is 21.0 Å². The molecule has 0 atom stereocenters. The van der Waals surface area contributed by atoms with Gasteiger partial charge in [-0.2, -0.15) is 0 Å². The van der Waals surface area contributed by atoms with Crippen LogP contribution in [0.2, 0.25) is 0 Å². The van der Waals surface area contributed by atoms with Gasteiger partial charge in [0.25, 0.3) is 0 Å². The zero-order valence-corrected chi connectivity index (χ0v) is 16.6. The molecule has 0 saturated heterocycles. The third-order valence-corrected chi connectivity index (χ3v) is 5.03. The quantitative estimate of drug-likeness (QED) is 0.156. The summed E-state index contributed by atoms with van der Waals surface area (Å²) in [5.74, 6) is 0.806. The van der Waals surface area contributed by atoms with Crippen molar-refractivity contribution in [3.8, 4) is 0 Å². The first kappa shape index (κ1) is 22.2. The molecule has 0 aliphatic heterocycles. The number of rotatable bonds is 17. The fraction of sp³-hybridized carbons (Fsp3) is 1.00. The highest BCUT2D eigenvalue weighted by Crippen LogP contribution is 2.13. The van der Waals surface area contributed by atoms with Crippen LogP contribution in [0.4, 0.5) is 0 Å². The van der Waals surface area contributed by atoms with Crippen LogP contribution in [-0.4, -0.2) is 37.5 Å². The Morgan fingerprint density at radius 2 is 0.909 bits per heavy atom. The summed E-state index contributed by atoms with van der Waals surface area (Å²) in [6, 6.07) is 0. The van der Waals surface area contributed by atoms with Gasteiger partial charge in [-0.05, 0) is 12.8 Å². The predicted molar refractivity (Wildman–Crippen MR) is 103 cm³/mol. The lowest BCUT2D eigenvalue weighted by molar-refractivity contribution is -0.890. The highest BCUT2D eigenvalue weighted by atomic mass is 35.5. The molecule has 134 valence electrons. The zero-order valence-electron chi connectivity index (χ0n) is 15.8. The lowest BCUT2D eigenvalue weighted by Gasteiger charge is -2.29. The molecule has 0 saturated carbocycles. The minimum Gasteiger partial charge on any atom is -0.328 e. The summed E-state index contributed by atoms with van der Waals surface area (Å²) in [4.78, 5) is 0. The van der Waals surface area contributed by atoms with Crippen LogP contribution in [0, 0.1) is 0 Å². The van der Waals surface area contributed by atoms with Crippen molar-refractivity contribution in [2.45, 2.75) is 96.8 Å². The monoisotopic (exact) mass is 332 g/mol. The first-order chi connectivity index (χ1) is 10.6. The number of unbranched alkanes of at least 4 members (excludes halogenated alkanes) is 12. The molecule has 0 aliphatic carbocycles. The van der Waals surface area contributed by atoms with Crippen LogP contribution >= 0.6 is 11.6 Å². The van der Waals surface area contributed by atoms with Crippen LogP contribution in [0.25, 0.3) is 0 Å². The molecule has 0 unspecified atom stereocenters. The van der Waals surface area contributed by atoms with E-state index < -0.39 is 0 Å².